The number of fused-ring (bicyclic) bond motifs is 1. The lowest BCUT2D eigenvalue weighted by molar-refractivity contribution is -0.148. The summed E-state index contributed by atoms with van der Waals surface area (Å²) in [6.07, 6.45) is 0. The van der Waals surface area contributed by atoms with Gasteiger partial charge >= 0.3 is 0 Å². The lowest BCUT2D eigenvalue weighted by Crippen LogP contribution is -2.62. The van der Waals surface area contributed by atoms with Crippen LogP contribution < -0.4 is 20.3 Å². The Bertz CT molecular complexity index is 644. The number of anilines is 1. The molecular formula is C15H19N3O4. The Morgan fingerprint density at radius 3 is 2.68 bits per heavy atom. The number of nitrogens with one attached hydrogen (secondary N) is 2. The molecule has 0 aromatic heterocycles. The Kier molecular flexibility index (Phi) is 4.07. The number of ether oxygens (including phenoxy) is 1. The van der Waals surface area contributed by atoms with Crippen LogP contribution in [0.1, 0.15) is 12.5 Å². The van der Waals surface area contributed by atoms with E-state index in [-0.39, 0.29) is 12.5 Å². The first kappa shape index (κ1) is 15.8. The molecule has 1 unspecified atom stereocenters. The Labute approximate surface area is 128 Å². The summed E-state index contributed by atoms with van der Waals surface area (Å²) in [6.45, 7) is 3.09. The predicted octanol–water partition coefficient (Wildman–Crippen LogP) is -0.0289. The number of benzene rings is 1. The SMILES string of the molecule is CNC(=O)CNC(=O)C1(C)Oc2ccc(C)cc2N(C)C1=O. The molecule has 0 saturated carbocycles. The minimum atomic E-state index is -1.70. The molecule has 1 heterocycles. The minimum absolute atomic E-state index is 0.216. The first-order valence-corrected chi connectivity index (χ1v) is 6.86. The maximum Gasteiger partial charge on any atom is 0.280 e. The molecule has 1 aliphatic rings. The second-order valence-electron chi connectivity index (χ2n) is 5.33. The quantitative estimate of drug-likeness (QED) is 0.768. The van der Waals surface area contributed by atoms with Crippen molar-refractivity contribution in [3.63, 3.8) is 0 Å². The maximum atomic E-state index is 12.5. The van der Waals surface area contributed by atoms with Gasteiger partial charge in [-0.15, -0.1) is 0 Å². The van der Waals surface area contributed by atoms with Crippen LogP contribution in [-0.4, -0.2) is 44.0 Å². The van der Waals surface area contributed by atoms with Gasteiger partial charge in [0.2, 0.25) is 5.91 Å². The van der Waals surface area contributed by atoms with E-state index in [0.717, 1.165) is 5.56 Å². The van der Waals surface area contributed by atoms with Crippen molar-refractivity contribution < 1.29 is 19.1 Å². The highest BCUT2D eigenvalue weighted by atomic mass is 16.5. The second kappa shape index (κ2) is 5.67. The highest BCUT2D eigenvalue weighted by Gasteiger charge is 2.49. The van der Waals surface area contributed by atoms with Crippen LogP contribution in [0.4, 0.5) is 5.69 Å². The third-order valence-electron chi connectivity index (χ3n) is 3.62. The van der Waals surface area contributed by atoms with Crippen molar-refractivity contribution in [2.45, 2.75) is 19.4 Å². The monoisotopic (exact) mass is 305 g/mol. The minimum Gasteiger partial charge on any atom is -0.466 e. The predicted molar refractivity (Wildman–Crippen MR) is 80.7 cm³/mol. The summed E-state index contributed by atoms with van der Waals surface area (Å²) in [7, 11) is 3.05. The number of amides is 3. The zero-order chi connectivity index (χ0) is 16.5. The van der Waals surface area contributed by atoms with Crippen molar-refractivity contribution in [3.8, 4) is 5.75 Å². The molecule has 0 saturated heterocycles. The molecule has 1 aliphatic heterocycles. The van der Waals surface area contributed by atoms with E-state index in [1.165, 1.54) is 18.9 Å². The molecule has 22 heavy (non-hydrogen) atoms. The molecule has 0 spiro atoms. The van der Waals surface area contributed by atoms with Gasteiger partial charge in [-0.2, -0.15) is 0 Å². The molecule has 1 atom stereocenters. The third-order valence-corrected chi connectivity index (χ3v) is 3.62. The molecule has 2 N–H and O–H groups in total. The van der Waals surface area contributed by atoms with Crippen molar-refractivity contribution in [3.05, 3.63) is 23.8 Å². The normalized spacial score (nSPS) is 20.0. The molecule has 0 fully saturated rings. The molecule has 1 aromatic rings. The zero-order valence-electron chi connectivity index (χ0n) is 13.0. The maximum absolute atomic E-state index is 12.5. The largest absolute Gasteiger partial charge is 0.466 e. The van der Waals surface area contributed by atoms with Crippen molar-refractivity contribution in [1.82, 2.24) is 10.6 Å². The molecule has 1 aromatic carbocycles. The van der Waals surface area contributed by atoms with E-state index >= 15 is 0 Å². The van der Waals surface area contributed by atoms with Crippen LogP contribution in [0.25, 0.3) is 0 Å². The molecule has 118 valence electrons. The summed E-state index contributed by atoms with van der Waals surface area (Å²) in [5.41, 5.74) is -0.110. The molecule has 2 rings (SSSR count). The molecule has 0 bridgehead atoms. The number of nitrogens with zero attached hydrogens (tertiary/aromatic N) is 1. The fraction of sp³-hybridized carbons (Fsp3) is 0.400. The van der Waals surface area contributed by atoms with Crippen molar-refractivity contribution in [2.24, 2.45) is 0 Å². The van der Waals surface area contributed by atoms with Gasteiger partial charge in [0.25, 0.3) is 17.4 Å². The van der Waals surface area contributed by atoms with Gasteiger partial charge in [-0.25, -0.2) is 0 Å². The van der Waals surface area contributed by atoms with Crippen LogP contribution in [0.3, 0.4) is 0 Å². The van der Waals surface area contributed by atoms with E-state index in [1.54, 1.807) is 13.1 Å². The Hall–Kier alpha value is -2.57. The van der Waals surface area contributed by atoms with Gasteiger partial charge in [0, 0.05) is 14.1 Å². The summed E-state index contributed by atoms with van der Waals surface area (Å²) in [5.74, 6) is -1.05. The Balaban J connectivity index is 2.28. The van der Waals surface area contributed by atoms with Gasteiger partial charge < -0.3 is 20.3 Å². The van der Waals surface area contributed by atoms with E-state index in [2.05, 4.69) is 10.6 Å². The molecule has 7 nitrogen and oxygen atoms in total. The van der Waals surface area contributed by atoms with E-state index in [4.69, 9.17) is 4.74 Å². The molecule has 0 radical (unpaired) electrons. The van der Waals surface area contributed by atoms with Gasteiger partial charge in [0.05, 0.1) is 12.2 Å². The van der Waals surface area contributed by atoms with Crippen LogP contribution in [0, 0.1) is 6.92 Å². The summed E-state index contributed by atoms with van der Waals surface area (Å²) < 4.78 is 5.65. The summed E-state index contributed by atoms with van der Waals surface area (Å²) in [6, 6.07) is 5.37. The van der Waals surface area contributed by atoms with Crippen LogP contribution in [-0.2, 0) is 14.4 Å². The van der Waals surface area contributed by atoms with Gasteiger partial charge in [-0.3, -0.25) is 14.4 Å². The molecule has 0 aliphatic carbocycles. The zero-order valence-corrected chi connectivity index (χ0v) is 13.0. The van der Waals surface area contributed by atoms with Crippen molar-refractivity contribution in [1.29, 1.82) is 0 Å². The number of carbonyl (C=O) groups excluding carboxylic acids is 3. The number of hydrogen-bond acceptors (Lipinski definition) is 4. The van der Waals surface area contributed by atoms with Gasteiger partial charge in [0.1, 0.15) is 5.75 Å². The number of aryl methyl sites for hydroxylation is 1. The fourth-order valence-corrected chi connectivity index (χ4v) is 2.23. The number of hydrogen-bond donors (Lipinski definition) is 2. The lowest BCUT2D eigenvalue weighted by atomic mass is 10.00. The van der Waals surface area contributed by atoms with Crippen molar-refractivity contribution in [2.75, 3.05) is 25.5 Å². The standard InChI is InChI=1S/C15H19N3O4/c1-9-5-6-11-10(7-9)18(4)14(21)15(2,22-11)13(20)17-8-12(19)16-3/h5-7H,8H2,1-4H3,(H,16,19)(H,17,20). The fourth-order valence-electron chi connectivity index (χ4n) is 2.23. The second-order valence-corrected chi connectivity index (χ2v) is 5.33. The number of rotatable bonds is 3. The first-order valence-electron chi connectivity index (χ1n) is 6.86. The highest BCUT2D eigenvalue weighted by Crippen LogP contribution is 2.37. The highest BCUT2D eigenvalue weighted by molar-refractivity contribution is 6.16. The van der Waals surface area contributed by atoms with Gasteiger partial charge in [-0.05, 0) is 31.5 Å². The smallest absolute Gasteiger partial charge is 0.280 e. The average Bonchev–Trinajstić information content (AvgIpc) is 2.51. The molecular weight excluding hydrogens is 286 g/mol. The van der Waals surface area contributed by atoms with E-state index in [1.807, 2.05) is 19.1 Å². The third kappa shape index (κ3) is 2.61. The van der Waals surface area contributed by atoms with E-state index in [9.17, 15) is 14.4 Å². The van der Waals surface area contributed by atoms with Crippen LogP contribution >= 0.6 is 0 Å². The summed E-state index contributed by atoms with van der Waals surface area (Å²) >= 11 is 0. The van der Waals surface area contributed by atoms with Crippen LogP contribution in [0.2, 0.25) is 0 Å². The summed E-state index contributed by atoms with van der Waals surface area (Å²) in [4.78, 5) is 37.4. The van der Waals surface area contributed by atoms with Crippen molar-refractivity contribution >= 4 is 23.4 Å². The van der Waals surface area contributed by atoms with Gasteiger partial charge in [0.15, 0.2) is 0 Å². The number of carbonyl (C=O) groups is 3. The van der Waals surface area contributed by atoms with Gasteiger partial charge in [-0.1, -0.05) is 6.07 Å². The lowest BCUT2D eigenvalue weighted by Gasteiger charge is -2.38. The summed E-state index contributed by atoms with van der Waals surface area (Å²) in [5, 5.41) is 4.80. The average molecular weight is 305 g/mol. The first-order chi connectivity index (χ1) is 10.3. The Morgan fingerprint density at radius 2 is 2.05 bits per heavy atom. The topological polar surface area (TPSA) is 87.7 Å². The van der Waals surface area contributed by atoms with E-state index < -0.39 is 17.4 Å². The van der Waals surface area contributed by atoms with Crippen LogP contribution in [0.5, 0.6) is 5.75 Å². The Morgan fingerprint density at radius 1 is 1.36 bits per heavy atom. The number of likely N-dealkylation sites (N-methyl/N-ethyl adjacent to an activating group) is 2. The van der Waals surface area contributed by atoms with E-state index in [0.29, 0.717) is 11.4 Å². The van der Waals surface area contributed by atoms with Crippen LogP contribution in [0.15, 0.2) is 18.2 Å². The molecule has 3 amide bonds. The molecule has 7 heteroatoms.